The number of rotatable bonds is 5. The molecule has 1 N–H and O–H groups in total. The van der Waals surface area contributed by atoms with Crippen LogP contribution in [0.15, 0.2) is 42.7 Å². The highest BCUT2D eigenvalue weighted by Crippen LogP contribution is 2.30. The predicted octanol–water partition coefficient (Wildman–Crippen LogP) is 2.87. The highest BCUT2D eigenvalue weighted by Gasteiger charge is 2.19. The Bertz CT molecular complexity index is 829. The lowest BCUT2D eigenvalue weighted by molar-refractivity contribution is 0.102. The first-order valence-electron chi connectivity index (χ1n) is 6.99. The third-order valence-corrected chi connectivity index (χ3v) is 4.10. The maximum atomic E-state index is 12.6. The van der Waals surface area contributed by atoms with Crippen LogP contribution >= 0.6 is 11.3 Å². The zero-order valence-electron chi connectivity index (χ0n) is 13.0. The van der Waals surface area contributed by atoms with Crippen molar-refractivity contribution in [2.24, 2.45) is 0 Å². The molecule has 0 radical (unpaired) electrons. The number of hydrogen-bond donors (Lipinski definition) is 1. The van der Waals surface area contributed by atoms with Crippen LogP contribution in [0.2, 0.25) is 0 Å². The van der Waals surface area contributed by atoms with E-state index < -0.39 is 0 Å². The SMILES string of the molecule is COc1cccc(OC)c1C(=O)Nc1nnc(-c2cccnc2)s1. The molecule has 0 saturated heterocycles. The van der Waals surface area contributed by atoms with Gasteiger partial charge in [0.05, 0.1) is 14.2 Å². The molecule has 0 atom stereocenters. The fourth-order valence-electron chi connectivity index (χ4n) is 2.11. The second-order valence-corrected chi connectivity index (χ2v) is 5.62. The summed E-state index contributed by atoms with van der Waals surface area (Å²) in [7, 11) is 2.99. The molecule has 0 unspecified atom stereocenters. The van der Waals surface area contributed by atoms with E-state index in [9.17, 15) is 4.79 Å². The molecule has 3 rings (SSSR count). The van der Waals surface area contributed by atoms with E-state index in [-0.39, 0.29) is 5.91 Å². The molecule has 0 saturated carbocycles. The van der Waals surface area contributed by atoms with Gasteiger partial charge in [0, 0.05) is 18.0 Å². The summed E-state index contributed by atoms with van der Waals surface area (Å²) < 4.78 is 10.5. The number of carbonyl (C=O) groups excluding carboxylic acids is 1. The Kier molecular flexibility index (Phi) is 4.66. The minimum Gasteiger partial charge on any atom is -0.496 e. The van der Waals surface area contributed by atoms with Crippen LogP contribution in [0.1, 0.15) is 10.4 Å². The van der Waals surface area contributed by atoms with Crippen molar-refractivity contribution in [3.05, 3.63) is 48.3 Å². The summed E-state index contributed by atoms with van der Waals surface area (Å²) in [5.74, 6) is 0.464. The Morgan fingerprint density at radius 3 is 2.46 bits per heavy atom. The molecule has 0 aliphatic rings. The number of ether oxygens (including phenoxy) is 2. The van der Waals surface area contributed by atoms with E-state index in [0.717, 1.165) is 5.56 Å². The number of carbonyl (C=O) groups is 1. The fourth-order valence-corrected chi connectivity index (χ4v) is 2.84. The molecule has 0 spiro atoms. The number of nitrogens with one attached hydrogen (secondary N) is 1. The third-order valence-electron chi connectivity index (χ3n) is 3.21. The monoisotopic (exact) mass is 342 g/mol. The Balaban J connectivity index is 1.85. The largest absolute Gasteiger partial charge is 0.496 e. The van der Waals surface area contributed by atoms with Gasteiger partial charge < -0.3 is 9.47 Å². The molecule has 0 fully saturated rings. The molecule has 3 aromatic rings. The first-order chi connectivity index (χ1) is 11.7. The summed E-state index contributed by atoms with van der Waals surface area (Å²) >= 11 is 1.26. The molecule has 1 aromatic carbocycles. The normalized spacial score (nSPS) is 10.2. The van der Waals surface area contributed by atoms with Gasteiger partial charge in [0.15, 0.2) is 5.01 Å². The van der Waals surface area contributed by atoms with Crippen LogP contribution in [-0.2, 0) is 0 Å². The maximum absolute atomic E-state index is 12.6. The molecule has 1 amide bonds. The molecule has 0 aliphatic carbocycles. The van der Waals surface area contributed by atoms with Gasteiger partial charge >= 0.3 is 0 Å². The van der Waals surface area contributed by atoms with Crippen LogP contribution in [0.3, 0.4) is 0 Å². The average Bonchev–Trinajstić information content (AvgIpc) is 3.10. The molecular formula is C16H14N4O3S. The lowest BCUT2D eigenvalue weighted by Crippen LogP contribution is -2.14. The topological polar surface area (TPSA) is 86.2 Å². The van der Waals surface area contributed by atoms with Gasteiger partial charge in [0.25, 0.3) is 5.91 Å². The number of methoxy groups -OCH3 is 2. The smallest absolute Gasteiger partial charge is 0.265 e. The van der Waals surface area contributed by atoms with Gasteiger partial charge in [-0.25, -0.2) is 0 Å². The van der Waals surface area contributed by atoms with E-state index in [1.165, 1.54) is 25.6 Å². The van der Waals surface area contributed by atoms with Crippen molar-refractivity contribution in [2.45, 2.75) is 0 Å². The lowest BCUT2D eigenvalue weighted by atomic mass is 10.1. The molecule has 0 aliphatic heterocycles. The van der Waals surface area contributed by atoms with Crippen molar-refractivity contribution in [1.82, 2.24) is 15.2 Å². The lowest BCUT2D eigenvalue weighted by Gasteiger charge is -2.11. The van der Waals surface area contributed by atoms with Crippen molar-refractivity contribution in [3.63, 3.8) is 0 Å². The molecule has 8 heteroatoms. The van der Waals surface area contributed by atoms with Crippen molar-refractivity contribution in [3.8, 4) is 22.1 Å². The quantitative estimate of drug-likeness (QED) is 0.767. The van der Waals surface area contributed by atoms with E-state index >= 15 is 0 Å². The van der Waals surface area contributed by atoms with E-state index in [1.54, 1.807) is 30.6 Å². The first kappa shape index (κ1) is 15.9. The van der Waals surface area contributed by atoms with Gasteiger partial charge in [-0.05, 0) is 24.3 Å². The molecular weight excluding hydrogens is 328 g/mol. The molecule has 2 aromatic heterocycles. The van der Waals surface area contributed by atoms with Crippen LogP contribution in [0.5, 0.6) is 11.5 Å². The van der Waals surface area contributed by atoms with Crippen molar-refractivity contribution in [2.75, 3.05) is 19.5 Å². The summed E-state index contributed by atoms with van der Waals surface area (Å²) in [6, 6.07) is 8.83. The Labute approximate surface area is 142 Å². The summed E-state index contributed by atoms with van der Waals surface area (Å²) in [4.78, 5) is 16.6. The van der Waals surface area contributed by atoms with Crippen LogP contribution < -0.4 is 14.8 Å². The van der Waals surface area contributed by atoms with Crippen LogP contribution in [0.25, 0.3) is 10.6 Å². The standard InChI is InChI=1S/C16H14N4O3S/c1-22-11-6-3-7-12(23-2)13(11)14(21)18-16-20-19-15(24-16)10-5-4-8-17-9-10/h3-9H,1-2H3,(H,18,20,21). The molecule has 0 bridgehead atoms. The van der Waals surface area contributed by atoms with Gasteiger partial charge in [-0.3, -0.25) is 15.1 Å². The Morgan fingerprint density at radius 1 is 1.08 bits per heavy atom. The van der Waals surface area contributed by atoms with Crippen LogP contribution in [0.4, 0.5) is 5.13 Å². The number of amides is 1. The predicted molar refractivity (Wildman–Crippen MR) is 90.6 cm³/mol. The number of benzene rings is 1. The van der Waals surface area contributed by atoms with Gasteiger partial charge in [0.2, 0.25) is 5.13 Å². The van der Waals surface area contributed by atoms with Crippen LogP contribution in [-0.4, -0.2) is 35.3 Å². The zero-order chi connectivity index (χ0) is 16.9. The van der Waals surface area contributed by atoms with Crippen LogP contribution in [0, 0.1) is 0 Å². The molecule has 2 heterocycles. The van der Waals surface area contributed by atoms with E-state index in [0.29, 0.717) is 27.2 Å². The van der Waals surface area contributed by atoms with E-state index in [1.807, 2.05) is 12.1 Å². The summed E-state index contributed by atoms with van der Waals surface area (Å²) in [5.41, 5.74) is 1.14. The second kappa shape index (κ2) is 7.05. The van der Waals surface area contributed by atoms with E-state index in [4.69, 9.17) is 9.47 Å². The second-order valence-electron chi connectivity index (χ2n) is 4.65. The molecule has 7 nitrogen and oxygen atoms in total. The first-order valence-corrected chi connectivity index (χ1v) is 7.81. The Morgan fingerprint density at radius 2 is 1.83 bits per heavy atom. The van der Waals surface area contributed by atoms with Crippen molar-refractivity contribution in [1.29, 1.82) is 0 Å². The fraction of sp³-hybridized carbons (Fsp3) is 0.125. The Hall–Kier alpha value is -3.00. The minimum atomic E-state index is -0.377. The van der Waals surface area contributed by atoms with Gasteiger partial charge in [-0.1, -0.05) is 17.4 Å². The highest BCUT2D eigenvalue weighted by molar-refractivity contribution is 7.18. The maximum Gasteiger partial charge on any atom is 0.265 e. The number of pyridine rings is 1. The van der Waals surface area contributed by atoms with Crippen molar-refractivity contribution < 1.29 is 14.3 Å². The van der Waals surface area contributed by atoms with Gasteiger partial charge in [-0.2, -0.15) is 0 Å². The highest BCUT2D eigenvalue weighted by atomic mass is 32.1. The zero-order valence-corrected chi connectivity index (χ0v) is 13.8. The average molecular weight is 342 g/mol. The van der Waals surface area contributed by atoms with Gasteiger partial charge in [0.1, 0.15) is 17.1 Å². The number of nitrogens with zero attached hydrogens (tertiary/aromatic N) is 3. The summed E-state index contributed by atoms with van der Waals surface area (Å²) in [6.07, 6.45) is 3.37. The molecule has 24 heavy (non-hydrogen) atoms. The minimum absolute atomic E-state index is 0.306. The van der Waals surface area contributed by atoms with Crippen molar-refractivity contribution >= 4 is 22.4 Å². The van der Waals surface area contributed by atoms with E-state index in [2.05, 4.69) is 20.5 Å². The number of anilines is 1. The summed E-state index contributed by atoms with van der Waals surface area (Å²) in [5, 5.41) is 11.8. The summed E-state index contributed by atoms with van der Waals surface area (Å²) in [6.45, 7) is 0. The molecule has 122 valence electrons. The van der Waals surface area contributed by atoms with Gasteiger partial charge in [-0.15, -0.1) is 10.2 Å². The third kappa shape index (κ3) is 3.18. The number of aromatic nitrogens is 3. The number of hydrogen-bond acceptors (Lipinski definition) is 7.